The molecule has 128 valence electrons. The third-order valence-corrected chi connectivity index (χ3v) is 4.96. The van der Waals surface area contributed by atoms with E-state index in [1.807, 2.05) is 30.3 Å². The fourth-order valence-electron chi connectivity index (χ4n) is 3.30. The van der Waals surface area contributed by atoms with Gasteiger partial charge in [0, 0.05) is 5.69 Å². The van der Waals surface area contributed by atoms with Gasteiger partial charge in [0.2, 0.25) is 0 Å². The van der Waals surface area contributed by atoms with Crippen LogP contribution in [-0.4, -0.2) is 5.91 Å². The zero-order valence-electron chi connectivity index (χ0n) is 14.2. The summed E-state index contributed by atoms with van der Waals surface area (Å²) in [6.45, 7) is 0. The van der Waals surface area contributed by atoms with Crippen molar-refractivity contribution in [2.75, 3.05) is 5.32 Å². The lowest BCUT2D eigenvalue weighted by Gasteiger charge is -2.15. The molecule has 0 saturated carbocycles. The van der Waals surface area contributed by atoms with Gasteiger partial charge in [-0.2, -0.15) is 0 Å². The molecule has 1 amide bonds. The van der Waals surface area contributed by atoms with E-state index in [2.05, 4.69) is 35.7 Å². The van der Waals surface area contributed by atoms with Crippen LogP contribution in [0, 0.1) is 0 Å². The van der Waals surface area contributed by atoms with Crippen LogP contribution in [0.3, 0.4) is 0 Å². The van der Waals surface area contributed by atoms with Crippen LogP contribution in [0.4, 0.5) is 5.69 Å². The van der Waals surface area contributed by atoms with Crippen molar-refractivity contribution >= 4 is 29.3 Å². The molecule has 3 aromatic carbocycles. The fourth-order valence-corrected chi connectivity index (χ4v) is 3.52. The number of allylic oxidation sites excluding steroid dienone is 1. The van der Waals surface area contributed by atoms with E-state index in [0.29, 0.717) is 10.6 Å². The lowest BCUT2D eigenvalue weighted by Crippen LogP contribution is -2.12. The van der Waals surface area contributed by atoms with Gasteiger partial charge in [0.15, 0.2) is 0 Å². The minimum absolute atomic E-state index is 0.205. The molecule has 0 fully saturated rings. The van der Waals surface area contributed by atoms with E-state index in [1.54, 1.807) is 18.2 Å². The summed E-state index contributed by atoms with van der Waals surface area (Å²) in [7, 11) is 0. The zero-order valence-corrected chi connectivity index (χ0v) is 15.0. The van der Waals surface area contributed by atoms with Crippen LogP contribution in [0.15, 0.2) is 72.8 Å². The third kappa shape index (κ3) is 3.29. The van der Waals surface area contributed by atoms with Crippen molar-refractivity contribution < 1.29 is 4.79 Å². The van der Waals surface area contributed by atoms with Gasteiger partial charge in [0.05, 0.1) is 10.6 Å². The molecule has 0 radical (unpaired) electrons. The number of amides is 1. The van der Waals surface area contributed by atoms with Gasteiger partial charge in [0.25, 0.3) is 5.91 Å². The maximum absolute atomic E-state index is 12.4. The quantitative estimate of drug-likeness (QED) is 0.591. The van der Waals surface area contributed by atoms with Crippen LogP contribution in [0.25, 0.3) is 17.2 Å². The number of carbonyl (C=O) groups excluding carboxylic acids is 1. The first-order valence-electron chi connectivity index (χ1n) is 8.67. The minimum atomic E-state index is -0.205. The molecule has 1 aliphatic carbocycles. The Hall–Kier alpha value is -2.84. The van der Waals surface area contributed by atoms with Gasteiger partial charge in [-0.15, -0.1) is 0 Å². The molecule has 0 unspecified atom stereocenters. The third-order valence-electron chi connectivity index (χ3n) is 4.63. The Bertz CT molecular complexity index is 989. The topological polar surface area (TPSA) is 29.1 Å². The normalized spacial score (nSPS) is 12.5. The molecule has 3 aromatic rings. The van der Waals surface area contributed by atoms with Gasteiger partial charge in [-0.1, -0.05) is 66.2 Å². The number of halogens is 1. The molecule has 0 spiro atoms. The highest BCUT2D eigenvalue weighted by molar-refractivity contribution is 6.34. The van der Waals surface area contributed by atoms with E-state index in [4.69, 9.17) is 11.6 Å². The number of hydrogen-bond acceptors (Lipinski definition) is 1. The van der Waals surface area contributed by atoms with Gasteiger partial charge in [-0.25, -0.2) is 0 Å². The second kappa shape index (κ2) is 7.19. The van der Waals surface area contributed by atoms with Crippen LogP contribution >= 0.6 is 11.6 Å². The Morgan fingerprint density at radius 3 is 2.54 bits per heavy atom. The molecule has 3 heteroatoms. The summed E-state index contributed by atoms with van der Waals surface area (Å²) in [6.07, 6.45) is 6.63. The average Bonchev–Trinajstić information content (AvgIpc) is 2.68. The summed E-state index contributed by atoms with van der Waals surface area (Å²) in [5.74, 6) is -0.205. The molecule has 26 heavy (non-hydrogen) atoms. The number of carbonyl (C=O) groups is 1. The SMILES string of the molecule is O=C(Nc1ccc(-c2cccc3c2C=CCC3)cc1)c1ccccc1Cl. The zero-order chi connectivity index (χ0) is 17.9. The lowest BCUT2D eigenvalue weighted by atomic mass is 9.90. The van der Waals surface area contributed by atoms with E-state index >= 15 is 0 Å². The van der Waals surface area contributed by atoms with Crippen molar-refractivity contribution in [2.24, 2.45) is 0 Å². The van der Waals surface area contributed by atoms with Gasteiger partial charge in [-0.05, 0) is 59.4 Å². The second-order valence-corrected chi connectivity index (χ2v) is 6.74. The Balaban J connectivity index is 1.58. The highest BCUT2D eigenvalue weighted by Gasteiger charge is 2.12. The summed E-state index contributed by atoms with van der Waals surface area (Å²) < 4.78 is 0. The van der Waals surface area contributed by atoms with Crippen molar-refractivity contribution in [3.8, 4) is 11.1 Å². The van der Waals surface area contributed by atoms with Crippen LogP contribution in [0.5, 0.6) is 0 Å². The molecule has 1 N–H and O–H groups in total. The van der Waals surface area contributed by atoms with Gasteiger partial charge < -0.3 is 5.32 Å². The molecule has 0 atom stereocenters. The van der Waals surface area contributed by atoms with E-state index < -0.39 is 0 Å². The maximum atomic E-state index is 12.4. The van der Waals surface area contributed by atoms with Gasteiger partial charge in [0.1, 0.15) is 0 Å². The van der Waals surface area contributed by atoms with Crippen molar-refractivity contribution in [1.82, 2.24) is 0 Å². The first-order valence-corrected chi connectivity index (χ1v) is 9.05. The molecule has 0 heterocycles. The smallest absolute Gasteiger partial charge is 0.257 e. The second-order valence-electron chi connectivity index (χ2n) is 6.33. The van der Waals surface area contributed by atoms with E-state index in [1.165, 1.54) is 16.7 Å². The summed E-state index contributed by atoms with van der Waals surface area (Å²) in [5.41, 5.74) is 6.28. The van der Waals surface area contributed by atoms with Gasteiger partial charge in [-0.3, -0.25) is 4.79 Å². The molecule has 4 rings (SSSR count). The summed E-state index contributed by atoms with van der Waals surface area (Å²) in [6, 6.07) is 21.4. The standard InChI is InChI=1S/C23H18ClNO/c24-22-11-4-3-9-21(22)23(26)25-18-14-12-17(13-15-18)20-10-5-7-16-6-1-2-8-19(16)20/h2-5,7-15H,1,6H2,(H,25,26). The van der Waals surface area contributed by atoms with Gasteiger partial charge >= 0.3 is 0 Å². The first-order chi connectivity index (χ1) is 12.7. The van der Waals surface area contributed by atoms with E-state index in [0.717, 1.165) is 24.1 Å². The molecule has 1 aliphatic rings. The Morgan fingerprint density at radius 2 is 1.73 bits per heavy atom. The number of anilines is 1. The molecular formula is C23H18ClNO. The van der Waals surface area contributed by atoms with Crippen LogP contribution in [0.1, 0.15) is 27.9 Å². The monoisotopic (exact) mass is 359 g/mol. The maximum Gasteiger partial charge on any atom is 0.257 e. The predicted octanol–water partition coefficient (Wildman–Crippen LogP) is 6.22. The van der Waals surface area contributed by atoms with Crippen molar-refractivity contribution in [3.63, 3.8) is 0 Å². The van der Waals surface area contributed by atoms with Crippen LogP contribution in [0.2, 0.25) is 5.02 Å². The van der Waals surface area contributed by atoms with Crippen molar-refractivity contribution in [2.45, 2.75) is 12.8 Å². The van der Waals surface area contributed by atoms with Crippen LogP contribution in [-0.2, 0) is 6.42 Å². The minimum Gasteiger partial charge on any atom is -0.322 e. The summed E-state index contributed by atoms with van der Waals surface area (Å²) >= 11 is 6.09. The lowest BCUT2D eigenvalue weighted by molar-refractivity contribution is 0.102. The first kappa shape index (κ1) is 16.6. The fraction of sp³-hybridized carbons (Fsp3) is 0.0870. The highest BCUT2D eigenvalue weighted by atomic mass is 35.5. The van der Waals surface area contributed by atoms with Crippen LogP contribution < -0.4 is 5.32 Å². The summed E-state index contributed by atoms with van der Waals surface area (Å²) in [5, 5.41) is 3.35. The molecule has 0 bridgehead atoms. The molecule has 0 aromatic heterocycles. The number of nitrogens with one attached hydrogen (secondary N) is 1. The number of benzene rings is 3. The van der Waals surface area contributed by atoms with Crippen molar-refractivity contribution in [3.05, 3.63) is 94.5 Å². The molecule has 0 saturated heterocycles. The van der Waals surface area contributed by atoms with E-state index in [9.17, 15) is 4.79 Å². The van der Waals surface area contributed by atoms with E-state index in [-0.39, 0.29) is 5.91 Å². The number of aryl methyl sites for hydroxylation is 1. The molecular weight excluding hydrogens is 342 g/mol. The predicted molar refractivity (Wildman–Crippen MR) is 109 cm³/mol. The summed E-state index contributed by atoms with van der Waals surface area (Å²) in [4.78, 5) is 12.4. The molecule has 0 aliphatic heterocycles. The highest BCUT2D eigenvalue weighted by Crippen LogP contribution is 2.31. The average molecular weight is 360 g/mol. The van der Waals surface area contributed by atoms with Crippen molar-refractivity contribution in [1.29, 1.82) is 0 Å². The molecule has 2 nitrogen and oxygen atoms in total. The number of fused-ring (bicyclic) bond motifs is 1. The largest absolute Gasteiger partial charge is 0.322 e. The number of hydrogen-bond donors (Lipinski definition) is 1. The Kier molecular flexibility index (Phi) is 4.59. The Labute approximate surface area is 158 Å². The Morgan fingerprint density at radius 1 is 0.923 bits per heavy atom. The number of rotatable bonds is 3.